The van der Waals surface area contributed by atoms with Crippen LogP contribution in [-0.4, -0.2) is 29.8 Å². The van der Waals surface area contributed by atoms with E-state index >= 15 is 0 Å². The smallest absolute Gasteiger partial charge is 0.296 e. The van der Waals surface area contributed by atoms with Gasteiger partial charge < -0.3 is 0 Å². The molecular weight excluding hydrogens is 388 g/mol. The summed E-state index contributed by atoms with van der Waals surface area (Å²) in [6.45, 7) is 6.51. The van der Waals surface area contributed by atoms with Gasteiger partial charge in [-0.05, 0) is 54.0 Å². The van der Waals surface area contributed by atoms with Crippen LogP contribution < -0.4 is 5.69 Å². The monoisotopic (exact) mass is 414 g/mol. The van der Waals surface area contributed by atoms with Crippen molar-refractivity contribution in [3.05, 3.63) is 88.6 Å². The van der Waals surface area contributed by atoms with E-state index in [1.165, 1.54) is 0 Å². The lowest BCUT2D eigenvalue weighted by Gasteiger charge is -2.12. The van der Waals surface area contributed by atoms with Gasteiger partial charge >= 0.3 is 5.69 Å². The molecule has 0 saturated heterocycles. The molecule has 7 heteroatoms. The number of rotatable bonds is 7. The Hall–Kier alpha value is -3.74. The molecule has 4 aromatic rings. The lowest BCUT2D eigenvalue weighted by atomic mass is 9.97. The fourth-order valence-corrected chi connectivity index (χ4v) is 3.70. The molecule has 0 aliphatic carbocycles. The third-order valence-corrected chi connectivity index (χ3v) is 5.32. The normalized spacial score (nSPS) is 11.6. The van der Waals surface area contributed by atoms with Crippen LogP contribution in [0.25, 0.3) is 22.5 Å². The minimum atomic E-state index is 0.00419. The first-order chi connectivity index (χ1) is 15.1. The van der Waals surface area contributed by atoms with Crippen molar-refractivity contribution >= 4 is 0 Å². The first-order valence-corrected chi connectivity index (χ1v) is 10.4. The molecule has 4 rings (SSSR count). The molecule has 158 valence electrons. The maximum atomic E-state index is 13.1. The summed E-state index contributed by atoms with van der Waals surface area (Å²) in [7, 11) is 0. The highest BCUT2D eigenvalue weighted by Crippen LogP contribution is 2.31. The summed E-state index contributed by atoms with van der Waals surface area (Å²) in [5.74, 6) is 0.599. The summed E-state index contributed by atoms with van der Waals surface area (Å²) in [6, 6.07) is 16.4. The van der Waals surface area contributed by atoms with Crippen molar-refractivity contribution in [3.8, 4) is 22.5 Å². The van der Waals surface area contributed by atoms with Crippen LogP contribution in [0.2, 0.25) is 0 Å². The van der Waals surface area contributed by atoms with Gasteiger partial charge in [-0.1, -0.05) is 54.6 Å². The van der Waals surface area contributed by atoms with E-state index in [1.54, 1.807) is 4.57 Å². The zero-order chi connectivity index (χ0) is 21.8. The SMILES string of the molecule is CC=CCc1cn(C(C)C)c(=O)n1Cc1ccc(-c2ccccc2)c(-c2nnn[nH]2)c1. The van der Waals surface area contributed by atoms with E-state index in [4.69, 9.17) is 0 Å². The number of tetrazole rings is 1. The van der Waals surface area contributed by atoms with Crippen molar-refractivity contribution in [1.82, 2.24) is 29.8 Å². The van der Waals surface area contributed by atoms with Crippen LogP contribution in [0.5, 0.6) is 0 Å². The van der Waals surface area contributed by atoms with E-state index in [0.29, 0.717) is 18.8 Å². The lowest BCUT2D eigenvalue weighted by molar-refractivity contribution is 0.560. The third kappa shape index (κ3) is 4.26. The van der Waals surface area contributed by atoms with E-state index in [0.717, 1.165) is 27.9 Å². The number of allylic oxidation sites excluding steroid dienone is 2. The van der Waals surface area contributed by atoms with E-state index < -0.39 is 0 Å². The molecule has 0 fully saturated rings. The quantitative estimate of drug-likeness (QED) is 0.459. The summed E-state index contributed by atoms with van der Waals surface area (Å²) in [5.41, 5.74) is 5.02. The molecular formula is C24H26N6O. The second-order valence-corrected chi connectivity index (χ2v) is 7.76. The van der Waals surface area contributed by atoms with Gasteiger partial charge in [0.25, 0.3) is 0 Å². The average molecular weight is 415 g/mol. The Kier molecular flexibility index (Phi) is 5.93. The summed E-state index contributed by atoms with van der Waals surface area (Å²) in [5, 5.41) is 14.5. The fourth-order valence-electron chi connectivity index (χ4n) is 3.70. The van der Waals surface area contributed by atoms with Crippen LogP contribution in [0.3, 0.4) is 0 Å². The first kappa shape index (κ1) is 20.5. The molecule has 1 N–H and O–H groups in total. The maximum Gasteiger partial charge on any atom is 0.328 e. The second-order valence-electron chi connectivity index (χ2n) is 7.76. The Morgan fingerprint density at radius 3 is 2.58 bits per heavy atom. The first-order valence-electron chi connectivity index (χ1n) is 10.4. The number of aromatic nitrogens is 6. The van der Waals surface area contributed by atoms with E-state index in [-0.39, 0.29) is 11.7 Å². The zero-order valence-corrected chi connectivity index (χ0v) is 18.0. The number of nitrogens with one attached hydrogen (secondary N) is 1. The third-order valence-electron chi connectivity index (χ3n) is 5.32. The molecule has 0 saturated carbocycles. The second kappa shape index (κ2) is 8.95. The Bertz CT molecular complexity index is 1230. The Balaban J connectivity index is 1.78. The Labute approximate surface area is 181 Å². The van der Waals surface area contributed by atoms with Crippen molar-refractivity contribution < 1.29 is 0 Å². The van der Waals surface area contributed by atoms with E-state index in [2.05, 4.69) is 57.0 Å². The molecule has 31 heavy (non-hydrogen) atoms. The van der Waals surface area contributed by atoms with Gasteiger partial charge in [-0.2, -0.15) is 0 Å². The van der Waals surface area contributed by atoms with Crippen LogP contribution in [0.15, 0.2) is 71.7 Å². The number of H-pyrrole nitrogens is 1. The van der Waals surface area contributed by atoms with Crippen molar-refractivity contribution in [3.63, 3.8) is 0 Å². The topological polar surface area (TPSA) is 81.4 Å². The minimum Gasteiger partial charge on any atom is -0.296 e. The molecule has 0 bridgehead atoms. The Morgan fingerprint density at radius 2 is 1.90 bits per heavy atom. The molecule has 0 amide bonds. The van der Waals surface area contributed by atoms with Gasteiger partial charge in [-0.3, -0.25) is 9.13 Å². The molecule has 2 heterocycles. The summed E-state index contributed by atoms with van der Waals surface area (Å²) in [6.07, 6.45) is 6.75. The van der Waals surface area contributed by atoms with Gasteiger partial charge in [-0.25, -0.2) is 9.89 Å². The van der Waals surface area contributed by atoms with Crippen molar-refractivity contribution in [1.29, 1.82) is 0 Å². The molecule has 0 atom stereocenters. The van der Waals surface area contributed by atoms with Gasteiger partial charge in [0.2, 0.25) is 0 Å². The summed E-state index contributed by atoms with van der Waals surface area (Å²) >= 11 is 0. The zero-order valence-electron chi connectivity index (χ0n) is 18.0. The predicted molar refractivity (Wildman–Crippen MR) is 122 cm³/mol. The molecule has 0 aliphatic rings. The number of hydrogen-bond donors (Lipinski definition) is 1. The van der Waals surface area contributed by atoms with Crippen LogP contribution in [0.4, 0.5) is 0 Å². The standard InChI is InChI=1S/C24H26N6O/c1-4-5-11-20-16-29(17(2)3)24(31)30(20)15-18-12-13-21(19-9-7-6-8-10-19)22(14-18)23-25-27-28-26-23/h4-10,12-14,16-17H,11,15H2,1-3H3,(H,25,26,27,28). The fraction of sp³-hybridized carbons (Fsp3) is 0.250. The molecule has 2 aromatic heterocycles. The number of aromatic amines is 1. The van der Waals surface area contributed by atoms with Crippen LogP contribution in [0.1, 0.15) is 38.1 Å². The average Bonchev–Trinajstić information content (AvgIpc) is 3.42. The summed E-state index contributed by atoms with van der Waals surface area (Å²) in [4.78, 5) is 13.1. The lowest BCUT2D eigenvalue weighted by Crippen LogP contribution is -2.26. The van der Waals surface area contributed by atoms with Crippen LogP contribution >= 0.6 is 0 Å². The van der Waals surface area contributed by atoms with Crippen LogP contribution in [0, 0.1) is 0 Å². The van der Waals surface area contributed by atoms with E-state index in [1.807, 2.05) is 55.8 Å². The number of nitrogens with zero attached hydrogens (tertiary/aromatic N) is 5. The highest BCUT2D eigenvalue weighted by molar-refractivity contribution is 5.80. The van der Waals surface area contributed by atoms with Gasteiger partial charge in [0.05, 0.1) is 6.54 Å². The molecule has 0 spiro atoms. The van der Waals surface area contributed by atoms with Gasteiger partial charge in [0.1, 0.15) is 0 Å². The largest absolute Gasteiger partial charge is 0.328 e. The minimum absolute atomic E-state index is 0.00419. The van der Waals surface area contributed by atoms with Gasteiger partial charge in [0, 0.05) is 29.9 Å². The molecule has 0 radical (unpaired) electrons. The highest BCUT2D eigenvalue weighted by atomic mass is 16.1. The van der Waals surface area contributed by atoms with Crippen molar-refractivity contribution in [2.45, 2.75) is 39.8 Å². The van der Waals surface area contributed by atoms with Gasteiger partial charge in [-0.15, -0.1) is 5.10 Å². The maximum absolute atomic E-state index is 13.1. The summed E-state index contributed by atoms with van der Waals surface area (Å²) < 4.78 is 3.64. The number of imidazole rings is 1. The molecule has 7 nitrogen and oxygen atoms in total. The number of hydrogen-bond acceptors (Lipinski definition) is 4. The Morgan fingerprint density at radius 1 is 1.10 bits per heavy atom. The molecule has 0 unspecified atom stereocenters. The number of benzene rings is 2. The molecule has 0 aliphatic heterocycles. The van der Waals surface area contributed by atoms with Crippen LogP contribution in [-0.2, 0) is 13.0 Å². The molecule has 2 aromatic carbocycles. The predicted octanol–water partition coefficient (Wildman–Crippen LogP) is 4.24. The van der Waals surface area contributed by atoms with E-state index in [9.17, 15) is 4.79 Å². The van der Waals surface area contributed by atoms with Gasteiger partial charge in [0.15, 0.2) is 5.82 Å². The van der Waals surface area contributed by atoms with Crippen molar-refractivity contribution in [2.75, 3.05) is 0 Å². The van der Waals surface area contributed by atoms with Crippen molar-refractivity contribution in [2.24, 2.45) is 0 Å². The highest BCUT2D eigenvalue weighted by Gasteiger charge is 2.16.